The van der Waals surface area contributed by atoms with Gasteiger partial charge in [0.25, 0.3) is 0 Å². The van der Waals surface area contributed by atoms with Crippen molar-refractivity contribution in [3.8, 4) is 0 Å². The number of nitrogens with zero attached hydrogens (tertiary/aromatic N) is 1. The van der Waals surface area contributed by atoms with Gasteiger partial charge in [0.2, 0.25) is 0 Å². The Morgan fingerprint density at radius 3 is 2.69 bits per heavy atom. The van der Waals surface area contributed by atoms with Crippen LogP contribution in [0.2, 0.25) is 5.02 Å². The quantitative estimate of drug-likeness (QED) is 0.704. The Kier molecular flexibility index (Phi) is 6.10. The molecule has 0 N–H and O–H groups in total. The number of hydrogen-bond donors (Lipinski definition) is 0. The molecular formula is C12H16Cl2FN. The van der Waals surface area contributed by atoms with Crippen molar-refractivity contribution in [3.05, 3.63) is 34.6 Å². The van der Waals surface area contributed by atoms with Crippen LogP contribution >= 0.6 is 23.2 Å². The Bertz CT molecular complexity index is 325. The standard InChI is InChI=1S/C12H16Cl2FN/c1-2-7-16(8-6-13)9-10-4-3-5-11(15)12(10)14/h3-5H,2,6-9H2,1H3. The largest absolute Gasteiger partial charge is 0.298 e. The molecule has 1 aromatic rings. The van der Waals surface area contributed by atoms with Crippen LogP contribution in [0.15, 0.2) is 18.2 Å². The zero-order valence-corrected chi connectivity index (χ0v) is 10.9. The van der Waals surface area contributed by atoms with E-state index >= 15 is 0 Å². The third-order valence-corrected chi connectivity index (χ3v) is 2.96. The minimum Gasteiger partial charge on any atom is -0.298 e. The Morgan fingerprint density at radius 2 is 2.06 bits per heavy atom. The second-order valence-corrected chi connectivity index (χ2v) is 4.43. The summed E-state index contributed by atoms with van der Waals surface area (Å²) in [4.78, 5) is 2.17. The summed E-state index contributed by atoms with van der Waals surface area (Å²) in [7, 11) is 0. The first-order valence-electron chi connectivity index (χ1n) is 5.40. The van der Waals surface area contributed by atoms with Crippen molar-refractivity contribution >= 4 is 23.2 Å². The van der Waals surface area contributed by atoms with Crippen molar-refractivity contribution in [2.75, 3.05) is 19.0 Å². The van der Waals surface area contributed by atoms with Gasteiger partial charge in [-0.3, -0.25) is 4.90 Å². The average molecular weight is 264 g/mol. The van der Waals surface area contributed by atoms with Crippen LogP contribution in [0.1, 0.15) is 18.9 Å². The second kappa shape index (κ2) is 7.10. The molecule has 1 nitrogen and oxygen atoms in total. The number of alkyl halides is 1. The van der Waals surface area contributed by atoms with E-state index in [0.29, 0.717) is 12.4 Å². The molecule has 90 valence electrons. The van der Waals surface area contributed by atoms with Gasteiger partial charge in [-0.2, -0.15) is 0 Å². The maximum atomic E-state index is 13.2. The van der Waals surface area contributed by atoms with Gasteiger partial charge in [0.15, 0.2) is 0 Å². The highest BCUT2D eigenvalue weighted by atomic mass is 35.5. The topological polar surface area (TPSA) is 3.24 Å². The molecule has 0 aliphatic rings. The molecule has 0 fully saturated rings. The molecule has 0 spiro atoms. The van der Waals surface area contributed by atoms with E-state index in [4.69, 9.17) is 23.2 Å². The highest BCUT2D eigenvalue weighted by molar-refractivity contribution is 6.31. The van der Waals surface area contributed by atoms with Crippen LogP contribution in [0.5, 0.6) is 0 Å². The lowest BCUT2D eigenvalue weighted by molar-refractivity contribution is 0.282. The lowest BCUT2D eigenvalue weighted by Crippen LogP contribution is -2.26. The number of hydrogen-bond acceptors (Lipinski definition) is 1. The maximum Gasteiger partial charge on any atom is 0.142 e. The smallest absolute Gasteiger partial charge is 0.142 e. The predicted molar refractivity (Wildman–Crippen MR) is 67.7 cm³/mol. The fourth-order valence-corrected chi connectivity index (χ4v) is 2.04. The third kappa shape index (κ3) is 3.93. The first kappa shape index (κ1) is 13.8. The van der Waals surface area contributed by atoms with Crippen LogP contribution in [-0.2, 0) is 6.54 Å². The minimum absolute atomic E-state index is 0.221. The van der Waals surface area contributed by atoms with Crippen molar-refractivity contribution in [2.24, 2.45) is 0 Å². The van der Waals surface area contributed by atoms with Crippen LogP contribution in [0.4, 0.5) is 4.39 Å². The van der Waals surface area contributed by atoms with E-state index in [0.717, 1.165) is 25.1 Å². The van der Waals surface area contributed by atoms with Crippen LogP contribution in [0.25, 0.3) is 0 Å². The van der Waals surface area contributed by atoms with E-state index in [1.165, 1.54) is 6.07 Å². The van der Waals surface area contributed by atoms with Crippen molar-refractivity contribution in [3.63, 3.8) is 0 Å². The third-order valence-electron chi connectivity index (χ3n) is 2.37. The molecule has 0 bridgehead atoms. The van der Waals surface area contributed by atoms with Crippen LogP contribution < -0.4 is 0 Å². The van der Waals surface area contributed by atoms with Gasteiger partial charge in [-0.1, -0.05) is 30.7 Å². The van der Waals surface area contributed by atoms with Gasteiger partial charge in [0, 0.05) is 19.0 Å². The van der Waals surface area contributed by atoms with Crippen molar-refractivity contribution in [1.29, 1.82) is 0 Å². The summed E-state index contributed by atoms with van der Waals surface area (Å²) in [6.07, 6.45) is 1.05. The van der Waals surface area contributed by atoms with E-state index in [9.17, 15) is 4.39 Å². The highest BCUT2D eigenvalue weighted by Gasteiger charge is 2.09. The fraction of sp³-hybridized carbons (Fsp3) is 0.500. The SMILES string of the molecule is CCCN(CCCl)Cc1cccc(F)c1Cl. The molecular weight excluding hydrogens is 248 g/mol. The lowest BCUT2D eigenvalue weighted by atomic mass is 10.2. The van der Waals surface area contributed by atoms with Crippen LogP contribution in [0.3, 0.4) is 0 Å². The molecule has 0 radical (unpaired) electrons. The summed E-state index contributed by atoms with van der Waals surface area (Å²) >= 11 is 11.6. The molecule has 0 saturated carbocycles. The minimum atomic E-state index is -0.360. The Hall–Kier alpha value is -0.310. The molecule has 4 heteroatoms. The molecule has 0 heterocycles. The molecule has 0 atom stereocenters. The van der Waals surface area contributed by atoms with E-state index in [-0.39, 0.29) is 10.8 Å². The fourth-order valence-electron chi connectivity index (χ4n) is 1.62. The monoisotopic (exact) mass is 263 g/mol. The van der Waals surface area contributed by atoms with Crippen LogP contribution in [0, 0.1) is 5.82 Å². The van der Waals surface area contributed by atoms with Crippen molar-refractivity contribution in [2.45, 2.75) is 19.9 Å². The molecule has 1 aromatic carbocycles. The second-order valence-electron chi connectivity index (χ2n) is 3.68. The first-order chi connectivity index (χ1) is 7.69. The zero-order valence-electron chi connectivity index (χ0n) is 9.35. The Labute approximate surface area is 106 Å². The van der Waals surface area contributed by atoms with Gasteiger partial charge in [0.1, 0.15) is 5.82 Å². The molecule has 0 aliphatic carbocycles. The molecule has 0 aliphatic heterocycles. The predicted octanol–water partition coefficient (Wildman–Crippen LogP) is 3.93. The van der Waals surface area contributed by atoms with Crippen LogP contribution in [-0.4, -0.2) is 23.9 Å². The average Bonchev–Trinajstić information content (AvgIpc) is 2.25. The summed E-state index contributed by atoms with van der Waals surface area (Å²) in [5, 5.41) is 0.221. The summed E-state index contributed by atoms with van der Waals surface area (Å²) in [5.74, 6) is 0.217. The summed E-state index contributed by atoms with van der Waals surface area (Å²) in [6, 6.07) is 4.90. The molecule has 0 amide bonds. The molecule has 0 saturated heterocycles. The normalized spacial score (nSPS) is 11.1. The van der Waals surface area contributed by atoms with E-state index < -0.39 is 0 Å². The Balaban J connectivity index is 2.72. The van der Waals surface area contributed by atoms with E-state index in [1.807, 2.05) is 6.07 Å². The van der Waals surface area contributed by atoms with Gasteiger partial charge >= 0.3 is 0 Å². The number of halogens is 3. The van der Waals surface area contributed by atoms with Gasteiger partial charge in [-0.05, 0) is 24.6 Å². The zero-order chi connectivity index (χ0) is 12.0. The Morgan fingerprint density at radius 1 is 1.31 bits per heavy atom. The highest BCUT2D eigenvalue weighted by Crippen LogP contribution is 2.21. The van der Waals surface area contributed by atoms with Gasteiger partial charge in [-0.15, -0.1) is 11.6 Å². The van der Waals surface area contributed by atoms with Crippen molar-refractivity contribution < 1.29 is 4.39 Å². The van der Waals surface area contributed by atoms with Crippen molar-refractivity contribution in [1.82, 2.24) is 4.90 Å². The molecule has 1 rings (SSSR count). The number of rotatable bonds is 6. The molecule has 16 heavy (non-hydrogen) atoms. The molecule has 0 unspecified atom stereocenters. The summed E-state index contributed by atoms with van der Waals surface area (Å²) in [6.45, 7) is 4.49. The lowest BCUT2D eigenvalue weighted by Gasteiger charge is -2.21. The van der Waals surface area contributed by atoms with Gasteiger partial charge < -0.3 is 0 Å². The summed E-state index contributed by atoms with van der Waals surface area (Å²) in [5.41, 5.74) is 0.820. The van der Waals surface area contributed by atoms with E-state index in [1.54, 1.807) is 6.07 Å². The van der Waals surface area contributed by atoms with Gasteiger partial charge in [-0.25, -0.2) is 4.39 Å². The van der Waals surface area contributed by atoms with Gasteiger partial charge in [0.05, 0.1) is 5.02 Å². The number of benzene rings is 1. The maximum absolute atomic E-state index is 13.2. The van der Waals surface area contributed by atoms with E-state index in [2.05, 4.69) is 11.8 Å². The summed E-state index contributed by atoms with van der Waals surface area (Å²) < 4.78 is 13.2. The first-order valence-corrected chi connectivity index (χ1v) is 6.31. The molecule has 0 aromatic heterocycles.